The van der Waals surface area contributed by atoms with E-state index in [4.69, 9.17) is 10.2 Å². The molecule has 1 aromatic heterocycles. The molecule has 1 aromatic rings. The predicted molar refractivity (Wildman–Crippen MR) is 60.1 cm³/mol. The van der Waals surface area contributed by atoms with Crippen molar-refractivity contribution in [3.05, 3.63) is 12.2 Å². The van der Waals surface area contributed by atoms with Gasteiger partial charge in [0.15, 0.2) is 5.82 Å². The summed E-state index contributed by atoms with van der Waals surface area (Å²) in [6, 6.07) is -2.30. The second-order valence-electron chi connectivity index (χ2n) is 3.65. The van der Waals surface area contributed by atoms with E-state index >= 15 is 0 Å². The Labute approximate surface area is 107 Å². The van der Waals surface area contributed by atoms with Crippen LogP contribution >= 0.6 is 0 Å². The van der Waals surface area contributed by atoms with Gasteiger partial charge in [-0.2, -0.15) is 5.10 Å². The maximum Gasteiger partial charge on any atom is 0.326 e. The van der Waals surface area contributed by atoms with Crippen molar-refractivity contribution >= 4 is 18.0 Å². The molecule has 0 unspecified atom stereocenters. The summed E-state index contributed by atoms with van der Waals surface area (Å²) in [7, 11) is 1.66. The van der Waals surface area contributed by atoms with E-state index in [0.29, 0.717) is 5.82 Å². The average molecular weight is 271 g/mol. The van der Waals surface area contributed by atoms with Crippen molar-refractivity contribution in [1.82, 2.24) is 25.4 Å². The second kappa shape index (κ2) is 6.33. The quantitative estimate of drug-likeness (QED) is 0.494. The van der Waals surface area contributed by atoms with Gasteiger partial charge in [0, 0.05) is 7.05 Å². The number of hydrogen-bond donors (Lipinski definition) is 4. The lowest BCUT2D eigenvalue weighted by Gasteiger charge is -2.12. The van der Waals surface area contributed by atoms with Gasteiger partial charge >= 0.3 is 18.0 Å². The zero-order valence-corrected chi connectivity index (χ0v) is 10.0. The first-order valence-electron chi connectivity index (χ1n) is 5.22. The molecule has 10 heteroatoms. The lowest BCUT2D eigenvalue weighted by Crippen LogP contribution is -2.46. The van der Waals surface area contributed by atoms with E-state index in [-0.39, 0.29) is 6.54 Å². The molecule has 19 heavy (non-hydrogen) atoms. The van der Waals surface area contributed by atoms with E-state index in [1.807, 2.05) is 5.32 Å². The van der Waals surface area contributed by atoms with Crippen LogP contribution in [-0.2, 0) is 23.2 Å². The molecule has 0 spiro atoms. The molecule has 0 aliphatic carbocycles. The molecule has 0 saturated carbocycles. The predicted octanol–water partition coefficient (Wildman–Crippen LogP) is -1.46. The van der Waals surface area contributed by atoms with E-state index in [9.17, 15) is 14.4 Å². The maximum absolute atomic E-state index is 11.4. The number of aryl methyl sites for hydroxylation is 1. The molecule has 0 aromatic carbocycles. The second-order valence-corrected chi connectivity index (χ2v) is 3.65. The van der Waals surface area contributed by atoms with Crippen LogP contribution in [0.1, 0.15) is 12.2 Å². The summed E-state index contributed by atoms with van der Waals surface area (Å²) in [6.45, 7) is 0.00604. The van der Waals surface area contributed by atoms with Crippen LogP contribution in [0.15, 0.2) is 6.33 Å². The van der Waals surface area contributed by atoms with Crippen LogP contribution in [0.4, 0.5) is 4.79 Å². The average Bonchev–Trinajstić information content (AvgIpc) is 2.71. The highest BCUT2D eigenvalue weighted by atomic mass is 16.4. The summed E-state index contributed by atoms with van der Waals surface area (Å²) in [5.41, 5.74) is 0. The van der Waals surface area contributed by atoms with Gasteiger partial charge in [-0.3, -0.25) is 9.48 Å². The standard InChI is InChI=1S/C9H13N5O5/c1-14-4-11-6(13-14)3-10-9(19)12-5(8(17)18)2-7(15)16/h4-5H,2-3H2,1H3,(H,15,16)(H,17,18)(H2,10,12,19)/t5-/m0/s1. The molecule has 2 amide bonds. The normalized spacial score (nSPS) is 11.6. The fraction of sp³-hybridized carbons (Fsp3) is 0.444. The lowest BCUT2D eigenvalue weighted by molar-refractivity contribution is -0.145. The van der Waals surface area contributed by atoms with E-state index in [2.05, 4.69) is 15.4 Å². The first-order valence-corrected chi connectivity index (χ1v) is 5.22. The van der Waals surface area contributed by atoms with Crippen LogP contribution in [0, 0.1) is 0 Å². The van der Waals surface area contributed by atoms with Gasteiger partial charge in [-0.1, -0.05) is 0 Å². The Hall–Kier alpha value is -2.65. The Bertz CT molecular complexity index is 485. The van der Waals surface area contributed by atoms with E-state index < -0.39 is 30.4 Å². The van der Waals surface area contributed by atoms with Crippen LogP contribution in [0.2, 0.25) is 0 Å². The molecule has 1 rings (SSSR count). The van der Waals surface area contributed by atoms with Gasteiger partial charge in [-0.05, 0) is 0 Å². The zero-order valence-electron chi connectivity index (χ0n) is 10.0. The molecular weight excluding hydrogens is 258 g/mol. The minimum absolute atomic E-state index is 0.00604. The SMILES string of the molecule is Cn1cnc(CNC(=O)N[C@@H](CC(=O)O)C(=O)O)n1. The summed E-state index contributed by atoms with van der Waals surface area (Å²) >= 11 is 0. The summed E-state index contributed by atoms with van der Waals surface area (Å²) in [4.78, 5) is 36.4. The van der Waals surface area contributed by atoms with Crippen molar-refractivity contribution in [3.63, 3.8) is 0 Å². The number of carbonyl (C=O) groups excluding carboxylic acids is 1. The highest BCUT2D eigenvalue weighted by molar-refractivity contribution is 5.86. The first kappa shape index (κ1) is 14.4. The van der Waals surface area contributed by atoms with E-state index in [1.165, 1.54) is 11.0 Å². The molecule has 0 aliphatic rings. The van der Waals surface area contributed by atoms with Gasteiger partial charge < -0.3 is 20.8 Å². The molecule has 0 fully saturated rings. The van der Waals surface area contributed by atoms with Gasteiger partial charge in [-0.25, -0.2) is 14.6 Å². The van der Waals surface area contributed by atoms with Crippen LogP contribution in [0.5, 0.6) is 0 Å². The number of carbonyl (C=O) groups is 3. The number of nitrogens with one attached hydrogen (secondary N) is 2. The van der Waals surface area contributed by atoms with Gasteiger partial charge in [0.05, 0.1) is 13.0 Å². The highest BCUT2D eigenvalue weighted by Gasteiger charge is 2.22. The van der Waals surface area contributed by atoms with Crippen molar-refractivity contribution in [1.29, 1.82) is 0 Å². The Kier molecular flexibility index (Phi) is 4.80. The maximum atomic E-state index is 11.4. The van der Waals surface area contributed by atoms with Crippen LogP contribution in [0.25, 0.3) is 0 Å². The number of carboxylic acids is 2. The molecule has 10 nitrogen and oxygen atoms in total. The Morgan fingerprint density at radius 3 is 2.58 bits per heavy atom. The third kappa shape index (κ3) is 5.02. The molecule has 0 bridgehead atoms. The van der Waals surface area contributed by atoms with Crippen molar-refractivity contribution in [2.24, 2.45) is 7.05 Å². The summed E-state index contributed by atoms with van der Waals surface area (Å²) in [6.07, 6.45) is 0.740. The third-order valence-corrected chi connectivity index (χ3v) is 2.04. The fourth-order valence-corrected chi connectivity index (χ4v) is 1.21. The Morgan fingerprint density at radius 2 is 2.11 bits per heavy atom. The molecular formula is C9H13N5O5. The van der Waals surface area contributed by atoms with Crippen molar-refractivity contribution in [2.75, 3.05) is 0 Å². The number of amides is 2. The van der Waals surface area contributed by atoms with Crippen LogP contribution < -0.4 is 10.6 Å². The Balaban J connectivity index is 2.44. The van der Waals surface area contributed by atoms with Crippen molar-refractivity contribution in [3.8, 4) is 0 Å². The summed E-state index contributed by atoms with van der Waals surface area (Å²) < 4.78 is 1.44. The molecule has 1 heterocycles. The molecule has 0 saturated heterocycles. The number of hydrogen-bond acceptors (Lipinski definition) is 5. The number of rotatable bonds is 6. The van der Waals surface area contributed by atoms with Gasteiger partial charge in [0.1, 0.15) is 12.4 Å². The molecule has 0 radical (unpaired) electrons. The van der Waals surface area contributed by atoms with E-state index in [1.54, 1.807) is 7.05 Å². The van der Waals surface area contributed by atoms with Crippen molar-refractivity contribution in [2.45, 2.75) is 19.0 Å². The summed E-state index contributed by atoms with van der Waals surface area (Å²) in [5.74, 6) is -2.39. The highest BCUT2D eigenvalue weighted by Crippen LogP contribution is 1.93. The molecule has 104 valence electrons. The van der Waals surface area contributed by atoms with Crippen LogP contribution in [-0.4, -0.2) is 49.0 Å². The molecule has 4 N–H and O–H groups in total. The molecule has 1 atom stereocenters. The monoisotopic (exact) mass is 271 g/mol. The minimum atomic E-state index is -1.49. The smallest absolute Gasteiger partial charge is 0.326 e. The number of urea groups is 1. The van der Waals surface area contributed by atoms with E-state index in [0.717, 1.165) is 0 Å². The topological polar surface area (TPSA) is 146 Å². The van der Waals surface area contributed by atoms with Crippen LogP contribution in [0.3, 0.4) is 0 Å². The third-order valence-electron chi connectivity index (χ3n) is 2.04. The zero-order chi connectivity index (χ0) is 14.4. The minimum Gasteiger partial charge on any atom is -0.481 e. The number of aromatic nitrogens is 3. The Morgan fingerprint density at radius 1 is 1.42 bits per heavy atom. The largest absolute Gasteiger partial charge is 0.481 e. The molecule has 0 aliphatic heterocycles. The number of nitrogens with zero attached hydrogens (tertiary/aromatic N) is 3. The summed E-state index contributed by atoms with van der Waals surface area (Å²) in [5, 5.41) is 25.5. The number of aliphatic carboxylic acids is 2. The van der Waals surface area contributed by atoms with Gasteiger partial charge in [0.2, 0.25) is 0 Å². The van der Waals surface area contributed by atoms with Gasteiger partial charge in [0.25, 0.3) is 0 Å². The lowest BCUT2D eigenvalue weighted by atomic mass is 10.2. The fourth-order valence-electron chi connectivity index (χ4n) is 1.21. The van der Waals surface area contributed by atoms with Crippen molar-refractivity contribution < 1.29 is 24.6 Å². The number of carboxylic acid groups (broad SMARTS) is 2. The van der Waals surface area contributed by atoms with Gasteiger partial charge in [-0.15, -0.1) is 0 Å². The first-order chi connectivity index (χ1) is 8.88.